The van der Waals surface area contributed by atoms with Crippen LogP contribution in [0, 0.1) is 6.92 Å². The van der Waals surface area contributed by atoms with E-state index in [-0.39, 0.29) is 11.4 Å². The number of hydrogen-bond donors (Lipinski definition) is 2. The van der Waals surface area contributed by atoms with Gasteiger partial charge in [0.25, 0.3) is 0 Å². The Bertz CT molecular complexity index is 988. The van der Waals surface area contributed by atoms with Crippen LogP contribution >= 0.6 is 11.6 Å². The van der Waals surface area contributed by atoms with Gasteiger partial charge in [-0.15, -0.1) is 0 Å². The van der Waals surface area contributed by atoms with Crippen LogP contribution in [0.2, 0.25) is 5.02 Å². The van der Waals surface area contributed by atoms with Crippen molar-refractivity contribution < 1.29 is 8.42 Å². The van der Waals surface area contributed by atoms with Crippen LogP contribution in [0.4, 0.5) is 5.82 Å². The third-order valence-corrected chi connectivity index (χ3v) is 5.30. The highest BCUT2D eigenvalue weighted by molar-refractivity contribution is 7.89. The zero-order valence-corrected chi connectivity index (χ0v) is 15.5. The Labute approximate surface area is 156 Å². The van der Waals surface area contributed by atoms with Crippen LogP contribution in [-0.4, -0.2) is 41.0 Å². The molecule has 0 aliphatic rings. The number of rotatable bonds is 7. The largest absolute Gasteiger partial charge is 0.369 e. The van der Waals surface area contributed by atoms with Crippen LogP contribution < -0.4 is 10.0 Å². The molecule has 0 amide bonds. The third-order valence-electron chi connectivity index (χ3n) is 3.57. The van der Waals surface area contributed by atoms with Gasteiger partial charge in [0, 0.05) is 36.6 Å². The van der Waals surface area contributed by atoms with Crippen LogP contribution in [0.5, 0.6) is 0 Å². The lowest BCUT2D eigenvalue weighted by Crippen LogP contribution is -2.29. The van der Waals surface area contributed by atoms with Crippen LogP contribution in [0.1, 0.15) is 5.82 Å². The van der Waals surface area contributed by atoms with Crippen molar-refractivity contribution in [1.82, 2.24) is 24.2 Å². The third kappa shape index (κ3) is 4.37. The molecule has 0 fully saturated rings. The second kappa shape index (κ2) is 7.81. The molecule has 0 spiro atoms. The fourth-order valence-electron chi connectivity index (χ4n) is 2.27. The van der Waals surface area contributed by atoms with Gasteiger partial charge in [-0.1, -0.05) is 11.6 Å². The minimum absolute atomic E-state index is 0.168. The molecular formula is C16H17ClN6O2S. The summed E-state index contributed by atoms with van der Waals surface area (Å²) < 4.78 is 28.7. The molecule has 0 bridgehead atoms. The molecule has 3 rings (SSSR count). The molecule has 136 valence electrons. The average molecular weight is 393 g/mol. The first-order valence-electron chi connectivity index (χ1n) is 7.77. The molecule has 0 aliphatic heterocycles. The predicted octanol–water partition coefficient (Wildman–Crippen LogP) is 2.01. The number of sulfonamides is 1. The summed E-state index contributed by atoms with van der Waals surface area (Å²) in [6.45, 7) is 2.45. The second-order valence-corrected chi connectivity index (χ2v) is 7.59. The van der Waals surface area contributed by atoms with Gasteiger partial charge in [-0.25, -0.2) is 28.1 Å². The van der Waals surface area contributed by atoms with Gasteiger partial charge in [-0.05, 0) is 31.2 Å². The molecule has 2 heterocycles. The molecule has 0 radical (unpaired) electrons. The van der Waals surface area contributed by atoms with E-state index in [1.54, 1.807) is 12.3 Å². The molecule has 0 saturated heterocycles. The number of aryl methyl sites for hydroxylation is 1. The van der Waals surface area contributed by atoms with Gasteiger partial charge in [-0.3, -0.25) is 4.57 Å². The first-order valence-corrected chi connectivity index (χ1v) is 9.63. The van der Waals surface area contributed by atoms with Crippen molar-refractivity contribution in [3.05, 3.63) is 59.9 Å². The zero-order chi connectivity index (χ0) is 18.6. The van der Waals surface area contributed by atoms with E-state index in [1.807, 2.05) is 17.7 Å². The maximum atomic E-state index is 12.2. The minimum atomic E-state index is -3.57. The highest BCUT2D eigenvalue weighted by Crippen LogP contribution is 2.14. The number of anilines is 1. The van der Waals surface area contributed by atoms with Gasteiger partial charge in [-0.2, -0.15) is 0 Å². The van der Waals surface area contributed by atoms with E-state index in [1.165, 1.54) is 30.6 Å². The fourth-order valence-corrected chi connectivity index (χ4v) is 3.43. The Morgan fingerprint density at radius 2 is 1.88 bits per heavy atom. The van der Waals surface area contributed by atoms with Gasteiger partial charge < -0.3 is 5.32 Å². The molecule has 10 heteroatoms. The van der Waals surface area contributed by atoms with Crippen molar-refractivity contribution >= 4 is 27.4 Å². The van der Waals surface area contributed by atoms with Crippen molar-refractivity contribution in [2.24, 2.45) is 0 Å². The topological polar surface area (TPSA) is 102 Å². The first-order chi connectivity index (χ1) is 12.5. The second-order valence-electron chi connectivity index (χ2n) is 5.38. The van der Waals surface area contributed by atoms with E-state index < -0.39 is 10.0 Å². The van der Waals surface area contributed by atoms with Crippen LogP contribution in [0.3, 0.4) is 0 Å². The molecule has 2 N–H and O–H groups in total. The number of hydrogen-bond acceptors (Lipinski definition) is 6. The number of aromatic nitrogens is 4. The van der Waals surface area contributed by atoms with Crippen LogP contribution in [0.15, 0.2) is 53.9 Å². The Morgan fingerprint density at radius 1 is 1.12 bits per heavy atom. The van der Waals surface area contributed by atoms with Crippen molar-refractivity contribution in [3.8, 4) is 5.82 Å². The van der Waals surface area contributed by atoms with Crippen molar-refractivity contribution in [2.45, 2.75) is 11.8 Å². The van der Waals surface area contributed by atoms with Crippen LogP contribution in [-0.2, 0) is 10.0 Å². The summed E-state index contributed by atoms with van der Waals surface area (Å²) in [7, 11) is -3.57. The zero-order valence-electron chi connectivity index (χ0n) is 13.9. The number of halogens is 1. The smallest absolute Gasteiger partial charge is 0.240 e. The van der Waals surface area contributed by atoms with Gasteiger partial charge in [0.1, 0.15) is 23.8 Å². The highest BCUT2D eigenvalue weighted by atomic mass is 35.5. The SMILES string of the molecule is Cc1nccn1-c1cc(NCCNS(=O)(=O)c2ccc(Cl)cc2)ncn1. The summed E-state index contributed by atoms with van der Waals surface area (Å²) in [4.78, 5) is 12.7. The molecule has 8 nitrogen and oxygen atoms in total. The lowest BCUT2D eigenvalue weighted by Gasteiger charge is -2.10. The van der Waals surface area contributed by atoms with Gasteiger partial charge in [0.05, 0.1) is 4.90 Å². The Kier molecular flexibility index (Phi) is 5.50. The predicted molar refractivity (Wildman–Crippen MR) is 99.0 cm³/mol. The van der Waals surface area contributed by atoms with Crippen molar-refractivity contribution in [1.29, 1.82) is 0 Å². The number of nitrogens with zero attached hydrogens (tertiary/aromatic N) is 4. The quantitative estimate of drug-likeness (QED) is 0.596. The summed E-state index contributed by atoms with van der Waals surface area (Å²) in [5, 5.41) is 3.55. The van der Waals surface area contributed by atoms with Crippen molar-refractivity contribution in [3.63, 3.8) is 0 Å². The monoisotopic (exact) mass is 392 g/mol. The molecule has 3 aromatic rings. The summed E-state index contributed by atoms with van der Waals surface area (Å²) >= 11 is 5.77. The Hall–Kier alpha value is -2.49. The standard InChI is InChI=1S/C16H17ClN6O2S/c1-12-18-8-9-23(12)16-10-15(20-11-21-16)19-6-7-22-26(24,25)14-4-2-13(17)3-5-14/h2-5,8-11,22H,6-7H2,1H3,(H,19,20,21). The van der Waals surface area contributed by atoms with E-state index in [2.05, 4.69) is 25.0 Å². The maximum absolute atomic E-state index is 12.2. The molecule has 0 aliphatic carbocycles. The number of imidazole rings is 1. The normalized spacial score (nSPS) is 11.5. The van der Waals surface area contributed by atoms with Crippen molar-refractivity contribution in [2.75, 3.05) is 18.4 Å². The highest BCUT2D eigenvalue weighted by Gasteiger charge is 2.12. The maximum Gasteiger partial charge on any atom is 0.240 e. The van der Waals surface area contributed by atoms with E-state index in [9.17, 15) is 8.42 Å². The summed E-state index contributed by atoms with van der Waals surface area (Å²) in [5.41, 5.74) is 0. The average Bonchev–Trinajstić information content (AvgIpc) is 3.05. The molecular weight excluding hydrogens is 376 g/mol. The lowest BCUT2D eigenvalue weighted by molar-refractivity contribution is 0.583. The number of benzene rings is 1. The first kappa shape index (κ1) is 18.3. The molecule has 0 unspecified atom stereocenters. The Balaban J connectivity index is 1.57. The van der Waals surface area contributed by atoms with E-state index in [0.717, 1.165) is 5.82 Å². The van der Waals surface area contributed by atoms with E-state index >= 15 is 0 Å². The number of nitrogens with one attached hydrogen (secondary N) is 2. The summed E-state index contributed by atoms with van der Waals surface area (Å²) in [6.07, 6.45) is 4.94. The Morgan fingerprint density at radius 3 is 2.58 bits per heavy atom. The molecule has 2 aromatic heterocycles. The van der Waals surface area contributed by atoms with Gasteiger partial charge in [0.15, 0.2) is 0 Å². The van der Waals surface area contributed by atoms with Crippen LogP contribution in [0.25, 0.3) is 5.82 Å². The molecule has 0 atom stereocenters. The minimum Gasteiger partial charge on any atom is -0.369 e. The lowest BCUT2D eigenvalue weighted by atomic mass is 10.4. The summed E-state index contributed by atoms with van der Waals surface area (Å²) in [5.74, 6) is 2.08. The fraction of sp³-hybridized carbons (Fsp3) is 0.188. The van der Waals surface area contributed by atoms with E-state index in [0.29, 0.717) is 23.2 Å². The van der Waals surface area contributed by atoms with Gasteiger partial charge in [0.2, 0.25) is 10.0 Å². The molecule has 0 saturated carbocycles. The summed E-state index contributed by atoms with van der Waals surface area (Å²) in [6, 6.07) is 7.76. The van der Waals surface area contributed by atoms with Gasteiger partial charge >= 0.3 is 0 Å². The molecule has 26 heavy (non-hydrogen) atoms. The van der Waals surface area contributed by atoms with E-state index in [4.69, 9.17) is 11.6 Å². The molecule has 1 aromatic carbocycles.